The lowest BCUT2D eigenvalue weighted by Gasteiger charge is -2.13. The van der Waals surface area contributed by atoms with Crippen molar-refractivity contribution in [3.8, 4) is 11.5 Å². The zero-order valence-electron chi connectivity index (χ0n) is 14.5. The van der Waals surface area contributed by atoms with Gasteiger partial charge in [0.1, 0.15) is 0 Å². The van der Waals surface area contributed by atoms with Crippen molar-refractivity contribution in [3.63, 3.8) is 0 Å². The molecule has 0 spiro atoms. The molecule has 0 saturated carbocycles. The van der Waals surface area contributed by atoms with Crippen LogP contribution in [0.1, 0.15) is 21.7 Å². The molecule has 0 saturated heterocycles. The number of carbonyl (C=O) groups is 1. The molecule has 0 aliphatic heterocycles. The second-order valence-corrected chi connectivity index (χ2v) is 7.05. The first-order chi connectivity index (χ1) is 12.3. The van der Waals surface area contributed by atoms with E-state index in [1.165, 1.54) is 18.1 Å². The largest absolute Gasteiger partial charge is 0.493 e. The predicted molar refractivity (Wildman–Crippen MR) is 93.8 cm³/mol. The lowest BCUT2D eigenvalue weighted by molar-refractivity contribution is -0.153. The number of halogens is 3. The van der Waals surface area contributed by atoms with E-state index in [2.05, 4.69) is 5.32 Å². The summed E-state index contributed by atoms with van der Waals surface area (Å²) in [6, 6.07) is 8.61. The molecule has 8 heteroatoms. The van der Waals surface area contributed by atoms with E-state index in [1.54, 1.807) is 23.5 Å². The Morgan fingerprint density at radius 3 is 2.58 bits per heavy atom. The summed E-state index contributed by atoms with van der Waals surface area (Å²) in [4.78, 5) is 14.2. The van der Waals surface area contributed by atoms with Crippen LogP contribution in [0.4, 0.5) is 13.2 Å². The van der Waals surface area contributed by atoms with Crippen LogP contribution < -0.4 is 14.8 Å². The van der Waals surface area contributed by atoms with Crippen molar-refractivity contribution < 1.29 is 27.4 Å². The Hall–Kier alpha value is -2.22. The Labute approximate surface area is 153 Å². The van der Waals surface area contributed by atoms with Gasteiger partial charge in [-0.3, -0.25) is 4.79 Å². The monoisotopic (exact) mass is 387 g/mol. The molecule has 0 atom stereocenters. The molecule has 1 aromatic heterocycles. The van der Waals surface area contributed by atoms with Gasteiger partial charge in [0.2, 0.25) is 5.91 Å². The minimum Gasteiger partial charge on any atom is -0.493 e. The maximum absolute atomic E-state index is 12.3. The molecule has 1 aromatic carbocycles. The molecule has 26 heavy (non-hydrogen) atoms. The average molecular weight is 387 g/mol. The number of thiophene rings is 1. The van der Waals surface area contributed by atoms with E-state index in [9.17, 15) is 18.0 Å². The van der Waals surface area contributed by atoms with Gasteiger partial charge in [0.25, 0.3) is 0 Å². The fraction of sp³-hybridized carbons (Fsp3) is 0.389. The number of alkyl halides is 3. The summed E-state index contributed by atoms with van der Waals surface area (Å²) in [5.41, 5.74) is 0.781. The van der Waals surface area contributed by atoms with E-state index in [-0.39, 0.29) is 23.8 Å². The standard InChI is InChI=1S/C18H20F3NO3S/c1-12-3-6-14(26-12)10-22-17(23)8-5-13-4-7-15(16(9-13)24-2)25-11-18(19,20)21/h3-4,6-7,9H,5,8,10-11H2,1-2H3,(H,22,23). The quantitative estimate of drug-likeness (QED) is 0.736. The molecule has 0 aliphatic carbocycles. The van der Waals surface area contributed by atoms with Crippen molar-refractivity contribution >= 4 is 17.2 Å². The van der Waals surface area contributed by atoms with Crippen molar-refractivity contribution in [2.24, 2.45) is 0 Å². The maximum atomic E-state index is 12.3. The number of ether oxygens (including phenoxy) is 2. The van der Waals surface area contributed by atoms with Crippen LogP contribution in [-0.2, 0) is 17.8 Å². The van der Waals surface area contributed by atoms with E-state index in [0.717, 1.165) is 10.4 Å². The highest BCUT2D eigenvalue weighted by Gasteiger charge is 2.29. The summed E-state index contributed by atoms with van der Waals surface area (Å²) in [5, 5.41) is 2.85. The van der Waals surface area contributed by atoms with Crippen molar-refractivity contribution in [2.45, 2.75) is 32.5 Å². The number of aryl methyl sites for hydroxylation is 2. The van der Waals surface area contributed by atoms with Crippen LogP contribution in [0, 0.1) is 6.92 Å². The second kappa shape index (κ2) is 8.93. The number of nitrogens with one attached hydrogen (secondary N) is 1. The lowest BCUT2D eigenvalue weighted by Crippen LogP contribution is -2.22. The molecule has 2 aromatic rings. The van der Waals surface area contributed by atoms with E-state index in [4.69, 9.17) is 9.47 Å². The summed E-state index contributed by atoms with van der Waals surface area (Å²) in [6.07, 6.45) is -3.69. The summed E-state index contributed by atoms with van der Waals surface area (Å²) in [6.45, 7) is 1.11. The summed E-state index contributed by atoms with van der Waals surface area (Å²) in [5.74, 6) is 0.139. The number of carbonyl (C=O) groups excluding carboxylic acids is 1. The maximum Gasteiger partial charge on any atom is 0.422 e. The molecular weight excluding hydrogens is 367 g/mol. The molecule has 0 radical (unpaired) electrons. The molecule has 1 heterocycles. The first-order valence-electron chi connectivity index (χ1n) is 7.95. The highest BCUT2D eigenvalue weighted by atomic mass is 32.1. The van der Waals surface area contributed by atoms with Gasteiger partial charge in [-0.05, 0) is 43.2 Å². The average Bonchev–Trinajstić information content (AvgIpc) is 3.01. The zero-order valence-corrected chi connectivity index (χ0v) is 15.3. The third-order valence-corrected chi connectivity index (χ3v) is 4.52. The smallest absolute Gasteiger partial charge is 0.422 e. The molecule has 0 unspecified atom stereocenters. The van der Waals surface area contributed by atoms with Crippen molar-refractivity contribution in [2.75, 3.05) is 13.7 Å². The molecular formula is C18H20F3NO3S. The second-order valence-electron chi connectivity index (χ2n) is 5.68. The van der Waals surface area contributed by atoms with Crippen LogP contribution >= 0.6 is 11.3 Å². The molecule has 142 valence electrons. The number of benzene rings is 1. The number of hydrogen-bond donors (Lipinski definition) is 1. The van der Waals surface area contributed by atoms with Gasteiger partial charge in [-0.15, -0.1) is 11.3 Å². The normalized spacial score (nSPS) is 11.3. The highest BCUT2D eigenvalue weighted by molar-refractivity contribution is 7.11. The first kappa shape index (κ1) is 20.1. The number of methoxy groups -OCH3 is 1. The fourth-order valence-electron chi connectivity index (χ4n) is 2.26. The molecule has 0 aliphatic rings. The van der Waals surface area contributed by atoms with Gasteiger partial charge < -0.3 is 14.8 Å². The lowest BCUT2D eigenvalue weighted by atomic mass is 10.1. The van der Waals surface area contributed by atoms with Crippen LogP contribution in [-0.4, -0.2) is 25.8 Å². The van der Waals surface area contributed by atoms with Crippen molar-refractivity contribution in [1.82, 2.24) is 5.32 Å². The van der Waals surface area contributed by atoms with Crippen LogP contribution in [0.3, 0.4) is 0 Å². The molecule has 4 nitrogen and oxygen atoms in total. The Kier molecular flexibility index (Phi) is 6.90. The fourth-order valence-corrected chi connectivity index (χ4v) is 3.09. The van der Waals surface area contributed by atoms with E-state index < -0.39 is 12.8 Å². The van der Waals surface area contributed by atoms with Gasteiger partial charge in [-0.1, -0.05) is 6.07 Å². The predicted octanol–water partition coefficient (Wildman–Crippen LogP) is 4.26. The van der Waals surface area contributed by atoms with Gasteiger partial charge in [0, 0.05) is 16.2 Å². The van der Waals surface area contributed by atoms with Crippen molar-refractivity contribution in [3.05, 3.63) is 45.6 Å². The molecule has 1 N–H and O–H groups in total. The summed E-state index contributed by atoms with van der Waals surface area (Å²) in [7, 11) is 1.36. The van der Waals surface area contributed by atoms with Gasteiger partial charge in [0.05, 0.1) is 13.7 Å². The third-order valence-electron chi connectivity index (χ3n) is 3.52. The highest BCUT2D eigenvalue weighted by Crippen LogP contribution is 2.30. The van der Waals surface area contributed by atoms with E-state index >= 15 is 0 Å². The van der Waals surface area contributed by atoms with Crippen LogP contribution in [0.5, 0.6) is 11.5 Å². The minimum absolute atomic E-state index is 0.0195. The topological polar surface area (TPSA) is 47.6 Å². The molecule has 2 rings (SSSR count). The van der Waals surface area contributed by atoms with Crippen LogP contribution in [0.2, 0.25) is 0 Å². The van der Waals surface area contributed by atoms with E-state index in [1.807, 2.05) is 19.1 Å². The molecule has 0 bridgehead atoms. The molecule has 0 fully saturated rings. The van der Waals surface area contributed by atoms with Crippen LogP contribution in [0.15, 0.2) is 30.3 Å². The van der Waals surface area contributed by atoms with Gasteiger partial charge in [0.15, 0.2) is 18.1 Å². The zero-order chi connectivity index (χ0) is 19.2. The Morgan fingerprint density at radius 1 is 1.19 bits per heavy atom. The summed E-state index contributed by atoms with van der Waals surface area (Å²) < 4.78 is 46.6. The summed E-state index contributed by atoms with van der Waals surface area (Å²) >= 11 is 1.63. The Balaban J connectivity index is 1.85. The first-order valence-corrected chi connectivity index (χ1v) is 8.77. The minimum atomic E-state index is -4.41. The molecule has 1 amide bonds. The van der Waals surface area contributed by atoms with E-state index in [0.29, 0.717) is 13.0 Å². The Bertz CT molecular complexity index is 744. The van der Waals surface area contributed by atoms with Crippen molar-refractivity contribution in [1.29, 1.82) is 0 Å². The SMILES string of the molecule is COc1cc(CCC(=O)NCc2ccc(C)s2)ccc1OCC(F)(F)F. The third kappa shape index (κ3) is 6.59. The Morgan fingerprint density at radius 2 is 1.96 bits per heavy atom. The number of hydrogen-bond acceptors (Lipinski definition) is 4. The van der Waals surface area contributed by atoms with Gasteiger partial charge in [-0.2, -0.15) is 13.2 Å². The van der Waals surface area contributed by atoms with Gasteiger partial charge >= 0.3 is 6.18 Å². The number of rotatable bonds is 8. The van der Waals surface area contributed by atoms with Gasteiger partial charge in [-0.25, -0.2) is 0 Å². The van der Waals surface area contributed by atoms with Crippen LogP contribution in [0.25, 0.3) is 0 Å². The number of amides is 1.